The summed E-state index contributed by atoms with van der Waals surface area (Å²) in [5, 5.41) is 7.62. The van der Waals surface area contributed by atoms with E-state index < -0.39 is 0 Å². The van der Waals surface area contributed by atoms with Gasteiger partial charge >= 0.3 is 0 Å². The van der Waals surface area contributed by atoms with Gasteiger partial charge in [-0.05, 0) is 107 Å². The highest BCUT2D eigenvalue weighted by Gasteiger charge is 2.40. The maximum absolute atomic E-state index is 5.29. The van der Waals surface area contributed by atoms with Gasteiger partial charge in [-0.25, -0.2) is 0 Å². The summed E-state index contributed by atoms with van der Waals surface area (Å²) < 4.78 is 0. The molecule has 0 bridgehead atoms. The van der Waals surface area contributed by atoms with Crippen molar-refractivity contribution in [2.75, 3.05) is 0 Å². The molecule has 1 aliphatic heterocycles. The number of para-hydroxylation sites is 1. The van der Waals surface area contributed by atoms with E-state index in [9.17, 15) is 0 Å². The molecule has 0 amide bonds. The van der Waals surface area contributed by atoms with Crippen LogP contribution in [0.1, 0.15) is 33.4 Å². The van der Waals surface area contributed by atoms with Crippen molar-refractivity contribution < 1.29 is 0 Å². The van der Waals surface area contributed by atoms with Crippen molar-refractivity contribution in [2.24, 2.45) is 4.99 Å². The third kappa shape index (κ3) is 3.19. The smallest absolute Gasteiger partial charge is 0.0669 e. The first-order valence-corrected chi connectivity index (χ1v) is 15.0. The molecule has 7 aromatic carbocycles. The normalized spacial score (nSPS) is 14.8. The molecule has 2 aliphatic carbocycles. The van der Waals surface area contributed by atoms with Crippen LogP contribution < -0.4 is 0 Å². The highest BCUT2D eigenvalue weighted by Crippen LogP contribution is 2.59. The van der Waals surface area contributed by atoms with Crippen molar-refractivity contribution in [3.63, 3.8) is 0 Å². The minimum absolute atomic E-state index is 0.848. The predicted octanol–water partition coefficient (Wildman–Crippen LogP) is 10.7. The summed E-state index contributed by atoms with van der Waals surface area (Å²) in [5.41, 5.74) is 15.4. The number of fused-ring (bicyclic) bond motifs is 9. The molecule has 0 saturated carbocycles. The van der Waals surface area contributed by atoms with Crippen LogP contribution in [-0.4, -0.2) is 5.71 Å². The van der Waals surface area contributed by atoms with Crippen LogP contribution in [0.4, 0.5) is 5.69 Å². The van der Waals surface area contributed by atoms with Gasteiger partial charge in [0.15, 0.2) is 0 Å². The molecule has 198 valence electrons. The maximum Gasteiger partial charge on any atom is 0.0669 e. The summed E-state index contributed by atoms with van der Waals surface area (Å²) in [6, 6.07) is 51.4. The van der Waals surface area contributed by atoms with Crippen LogP contribution in [0.25, 0.3) is 54.6 Å². The standard InChI is InChI=1S/C42H25N/c1-3-13-28-22-35-33(20-26(28)11-1)39(32-18-9-16-25-10-5-7-17-31(25)32)41-36-23-29-14-4-2-12-27(29)21-34(36)40(42(35)41)38-24-30-15-6-8-19-37(30)43-38/h1-23H,24H2. The number of hydrogen-bond donors (Lipinski definition) is 0. The fourth-order valence-corrected chi connectivity index (χ4v) is 7.67. The SMILES string of the molecule is c1ccc2c(c1)CC(C1=C3C(=C(c4cccc5ccccc45)c4cc5ccccc5cc43)c3cc4ccccc4cc31)=N2. The lowest BCUT2D eigenvalue weighted by atomic mass is 9.88. The highest BCUT2D eigenvalue weighted by atomic mass is 14.8. The Balaban J connectivity index is 1.39. The molecule has 43 heavy (non-hydrogen) atoms. The zero-order valence-corrected chi connectivity index (χ0v) is 23.4. The van der Waals surface area contributed by atoms with Crippen molar-refractivity contribution in [3.05, 3.63) is 173 Å². The topological polar surface area (TPSA) is 12.4 Å². The van der Waals surface area contributed by atoms with E-state index in [4.69, 9.17) is 4.99 Å². The van der Waals surface area contributed by atoms with Crippen molar-refractivity contribution in [1.82, 2.24) is 0 Å². The van der Waals surface area contributed by atoms with Gasteiger partial charge in [-0.3, -0.25) is 4.99 Å². The molecule has 1 nitrogen and oxygen atoms in total. The molecular formula is C42H25N. The fourth-order valence-electron chi connectivity index (χ4n) is 7.67. The first-order valence-electron chi connectivity index (χ1n) is 15.0. The summed E-state index contributed by atoms with van der Waals surface area (Å²) in [5.74, 6) is 0. The van der Waals surface area contributed by atoms with E-state index in [1.165, 1.54) is 93.7 Å². The van der Waals surface area contributed by atoms with E-state index in [1.54, 1.807) is 0 Å². The van der Waals surface area contributed by atoms with Crippen LogP contribution in [-0.2, 0) is 6.42 Å². The first kappa shape index (κ1) is 23.1. The summed E-state index contributed by atoms with van der Waals surface area (Å²) in [4.78, 5) is 5.29. The summed E-state index contributed by atoms with van der Waals surface area (Å²) in [6.45, 7) is 0. The van der Waals surface area contributed by atoms with E-state index >= 15 is 0 Å². The average molecular weight is 544 g/mol. The number of nitrogens with zero attached hydrogens (tertiary/aromatic N) is 1. The summed E-state index contributed by atoms with van der Waals surface area (Å²) >= 11 is 0. The van der Waals surface area contributed by atoms with Gasteiger partial charge in [0.1, 0.15) is 0 Å². The Morgan fingerprint density at radius 2 is 0.860 bits per heavy atom. The Bertz CT molecular complexity index is 2460. The lowest BCUT2D eigenvalue weighted by molar-refractivity contribution is 1.40. The molecule has 0 unspecified atom stereocenters. The molecule has 0 spiro atoms. The Labute approximate surface area is 249 Å². The molecule has 0 N–H and O–H groups in total. The monoisotopic (exact) mass is 543 g/mol. The predicted molar refractivity (Wildman–Crippen MR) is 182 cm³/mol. The number of allylic oxidation sites excluding steroid dienone is 3. The fraction of sp³-hybridized carbons (Fsp3) is 0.0238. The number of hydrogen-bond acceptors (Lipinski definition) is 1. The van der Waals surface area contributed by atoms with E-state index in [2.05, 4.69) is 140 Å². The zero-order chi connectivity index (χ0) is 28.1. The maximum atomic E-state index is 5.29. The number of rotatable bonds is 2. The first-order chi connectivity index (χ1) is 21.3. The molecule has 10 rings (SSSR count). The van der Waals surface area contributed by atoms with Crippen molar-refractivity contribution >= 4 is 66.0 Å². The minimum atomic E-state index is 0.848. The molecule has 3 aliphatic rings. The second-order valence-electron chi connectivity index (χ2n) is 11.9. The van der Waals surface area contributed by atoms with Crippen LogP contribution in [0.3, 0.4) is 0 Å². The van der Waals surface area contributed by atoms with Crippen LogP contribution in [0.15, 0.2) is 145 Å². The Morgan fingerprint density at radius 1 is 0.372 bits per heavy atom. The second kappa shape index (κ2) is 8.50. The second-order valence-corrected chi connectivity index (χ2v) is 11.9. The lowest BCUT2D eigenvalue weighted by Crippen LogP contribution is -2.03. The quantitative estimate of drug-likeness (QED) is 0.206. The van der Waals surface area contributed by atoms with Gasteiger partial charge in [0.2, 0.25) is 0 Å². The highest BCUT2D eigenvalue weighted by molar-refractivity contribution is 6.47. The number of benzene rings is 7. The van der Waals surface area contributed by atoms with Crippen molar-refractivity contribution in [1.29, 1.82) is 0 Å². The molecule has 0 atom stereocenters. The van der Waals surface area contributed by atoms with Gasteiger partial charge in [0, 0.05) is 17.6 Å². The van der Waals surface area contributed by atoms with Gasteiger partial charge < -0.3 is 0 Å². The molecule has 0 saturated heterocycles. The summed E-state index contributed by atoms with van der Waals surface area (Å²) in [7, 11) is 0. The Kier molecular flexibility index (Phi) is 4.56. The molecular weight excluding hydrogens is 518 g/mol. The number of aliphatic imine (C=N–C) groups is 1. The Hall–Kier alpha value is -5.53. The van der Waals surface area contributed by atoms with Crippen LogP contribution in [0.5, 0.6) is 0 Å². The zero-order valence-electron chi connectivity index (χ0n) is 23.4. The van der Waals surface area contributed by atoms with Crippen LogP contribution >= 0.6 is 0 Å². The third-order valence-electron chi connectivity index (χ3n) is 9.55. The average Bonchev–Trinajstić information content (AvgIpc) is 3.72. The largest absolute Gasteiger partial charge is 0.252 e. The van der Waals surface area contributed by atoms with E-state index in [0.717, 1.165) is 12.1 Å². The minimum Gasteiger partial charge on any atom is -0.252 e. The van der Waals surface area contributed by atoms with Crippen molar-refractivity contribution in [2.45, 2.75) is 6.42 Å². The van der Waals surface area contributed by atoms with Gasteiger partial charge in [-0.1, -0.05) is 109 Å². The van der Waals surface area contributed by atoms with Crippen molar-refractivity contribution in [3.8, 4) is 0 Å². The van der Waals surface area contributed by atoms with Crippen LogP contribution in [0.2, 0.25) is 0 Å². The van der Waals surface area contributed by atoms with Gasteiger partial charge in [0.25, 0.3) is 0 Å². The van der Waals surface area contributed by atoms with Gasteiger partial charge in [0.05, 0.1) is 11.4 Å². The molecule has 0 radical (unpaired) electrons. The van der Waals surface area contributed by atoms with E-state index in [1.807, 2.05) is 0 Å². The molecule has 0 aromatic heterocycles. The van der Waals surface area contributed by atoms with E-state index in [-0.39, 0.29) is 0 Å². The van der Waals surface area contributed by atoms with Gasteiger partial charge in [-0.2, -0.15) is 0 Å². The molecule has 0 fully saturated rings. The van der Waals surface area contributed by atoms with Crippen LogP contribution in [0, 0.1) is 0 Å². The molecule has 7 aromatic rings. The van der Waals surface area contributed by atoms with Gasteiger partial charge in [-0.15, -0.1) is 0 Å². The molecule has 1 heteroatoms. The lowest BCUT2D eigenvalue weighted by Gasteiger charge is -2.15. The third-order valence-corrected chi connectivity index (χ3v) is 9.55. The molecule has 1 heterocycles. The van der Waals surface area contributed by atoms with E-state index in [0.29, 0.717) is 0 Å². The summed E-state index contributed by atoms with van der Waals surface area (Å²) in [6.07, 6.45) is 0.848. The Morgan fingerprint density at radius 3 is 1.51 bits per heavy atom.